The van der Waals surface area contributed by atoms with Gasteiger partial charge in [0.05, 0.1) is 6.61 Å². The Morgan fingerprint density at radius 3 is 1.54 bits per heavy atom. The van der Waals surface area contributed by atoms with E-state index in [9.17, 15) is 4.79 Å². The number of carbonyl (C=O) groups is 1. The molecular formula is C25H50O3. The van der Waals surface area contributed by atoms with E-state index in [0.29, 0.717) is 13.0 Å². The quantitative estimate of drug-likeness (QED) is 0.137. The molecular weight excluding hydrogens is 348 g/mol. The molecule has 0 aromatic carbocycles. The second-order valence-corrected chi connectivity index (χ2v) is 8.43. The van der Waals surface area contributed by atoms with Crippen molar-refractivity contribution in [2.24, 2.45) is 0 Å². The molecule has 0 saturated carbocycles. The smallest absolute Gasteiger partial charge is 0.306 e. The van der Waals surface area contributed by atoms with Crippen LogP contribution in [0.1, 0.15) is 136 Å². The molecule has 168 valence electrons. The zero-order valence-corrected chi connectivity index (χ0v) is 19.4. The average Bonchev–Trinajstić information content (AvgIpc) is 2.68. The van der Waals surface area contributed by atoms with Gasteiger partial charge in [0.25, 0.3) is 0 Å². The third kappa shape index (κ3) is 21.7. The molecule has 0 heterocycles. The topological polar surface area (TPSA) is 35.5 Å². The van der Waals surface area contributed by atoms with Crippen molar-refractivity contribution in [3.63, 3.8) is 0 Å². The summed E-state index contributed by atoms with van der Waals surface area (Å²) in [6.45, 7) is 7.62. The molecule has 1 atom stereocenters. The summed E-state index contributed by atoms with van der Waals surface area (Å²) in [7, 11) is 0. The second kappa shape index (κ2) is 22.7. The lowest BCUT2D eigenvalue weighted by molar-refractivity contribution is -0.151. The molecule has 1 unspecified atom stereocenters. The molecule has 0 amide bonds. The van der Waals surface area contributed by atoms with Gasteiger partial charge in [-0.3, -0.25) is 4.79 Å². The molecule has 0 aromatic rings. The molecule has 0 radical (unpaired) electrons. The minimum absolute atomic E-state index is 0.0683. The van der Waals surface area contributed by atoms with Crippen molar-refractivity contribution in [1.82, 2.24) is 0 Å². The molecule has 0 rings (SSSR count). The summed E-state index contributed by atoms with van der Waals surface area (Å²) in [5, 5.41) is 0. The van der Waals surface area contributed by atoms with E-state index in [1.807, 2.05) is 6.92 Å². The van der Waals surface area contributed by atoms with Crippen LogP contribution in [-0.2, 0) is 14.3 Å². The summed E-state index contributed by atoms with van der Waals surface area (Å²) >= 11 is 0. The first kappa shape index (κ1) is 27.4. The van der Waals surface area contributed by atoms with Crippen LogP contribution in [0.4, 0.5) is 0 Å². The first-order chi connectivity index (χ1) is 13.7. The Hall–Kier alpha value is -0.570. The van der Waals surface area contributed by atoms with Gasteiger partial charge in [-0.25, -0.2) is 0 Å². The van der Waals surface area contributed by atoms with Crippen molar-refractivity contribution in [3.8, 4) is 0 Å². The van der Waals surface area contributed by atoms with Gasteiger partial charge in [0, 0.05) is 13.0 Å². The first-order valence-corrected chi connectivity index (χ1v) is 12.5. The van der Waals surface area contributed by atoms with Gasteiger partial charge in [0.1, 0.15) is 6.10 Å². The normalized spacial score (nSPS) is 12.2. The Bertz CT molecular complexity index is 317. The summed E-state index contributed by atoms with van der Waals surface area (Å²) in [5.74, 6) is -0.0683. The van der Waals surface area contributed by atoms with Crippen molar-refractivity contribution in [2.75, 3.05) is 13.2 Å². The predicted molar refractivity (Wildman–Crippen MR) is 121 cm³/mol. The van der Waals surface area contributed by atoms with Gasteiger partial charge in [-0.1, -0.05) is 110 Å². The van der Waals surface area contributed by atoms with Crippen LogP contribution in [0.3, 0.4) is 0 Å². The van der Waals surface area contributed by atoms with Crippen molar-refractivity contribution in [2.45, 2.75) is 142 Å². The minimum atomic E-state index is -0.124. The SMILES string of the molecule is CCCCCCCCCCCCCCCCCC(=O)OC(C)COCCCC. The van der Waals surface area contributed by atoms with E-state index in [-0.39, 0.29) is 12.1 Å². The summed E-state index contributed by atoms with van der Waals surface area (Å²) in [6, 6.07) is 0. The van der Waals surface area contributed by atoms with E-state index in [1.165, 1.54) is 83.5 Å². The average molecular weight is 399 g/mol. The van der Waals surface area contributed by atoms with Crippen LogP contribution in [0.5, 0.6) is 0 Å². The summed E-state index contributed by atoms with van der Waals surface area (Å²) in [6.07, 6.45) is 22.8. The number of hydrogen-bond acceptors (Lipinski definition) is 3. The third-order valence-electron chi connectivity index (χ3n) is 5.31. The van der Waals surface area contributed by atoms with E-state index < -0.39 is 0 Å². The number of hydrogen-bond donors (Lipinski definition) is 0. The zero-order chi connectivity index (χ0) is 20.7. The molecule has 0 aromatic heterocycles. The fraction of sp³-hybridized carbons (Fsp3) is 0.960. The molecule has 28 heavy (non-hydrogen) atoms. The van der Waals surface area contributed by atoms with E-state index in [4.69, 9.17) is 9.47 Å². The van der Waals surface area contributed by atoms with Crippen LogP contribution in [0.2, 0.25) is 0 Å². The number of ether oxygens (including phenoxy) is 2. The van der Waals surface area contributed by atoms with Crippen LogP contribution in [0.25, 0.3) is 0 Å². The van der Waals surface area contributed by atoms with Crippen LogP contribution in [0, 0.1) is 0 Å². The monoisotopic (exact) mass is 398 g/mol. The maximum Gasteiger partial charge on any atom is 0.306 e. The minimum Gasteiger partial charge on any atom is -0.460 e. The van der Waals surface area contributed by atoms with Gasteiger partial charge in [-0.05, 0) is 19.8 Å². The lowest BCUT2D eigenvalue weighted by atomic mass is 10.0. The van der Waals surface area contributed by atoms with Gasteiger partial charge >= 0.3 is 5.97 Å². The van der Waals surface area contributed by atoms with Crippen LogP contribution in [0.15, 0.2) is 0 Å². The maximum atomic E-state index is 11.8. The van der Waals surface area contributed by atoms with Gasteiger partial charge in [0.15, 0.2) is 0 Å². The third-order valence-corrected chi connectivity index (χ3v) is 5.31. The lowest BCUT2D eigenvalue weighted by Gasteiger charge is -2.13. The highest BCUT2D eigenvalue weighted by Gasteiger charge is 2.09. The molecule has 0 N–H and O–H groups in total. The van der Waals surface area contributed by atoms with E-state index in [0.717, 1.165) is 32.3 Å². The highest BCUT2D eigenvalue weighted by Crippen LogP contribution is 2.14. The highest BCUT2D eigenvalue weighted by molar-refractivity contribution is 5.69. The molecule has 0 saturated heterocycles. The molecule has 3 nitrogen and oxygen atoms in total. The largest absolute Gasteiger partial charge is 0.460 e. The zero-order valence-electron chi connectivity index (χ0n) is 19.4. The number of unbranched alkanes of at least 4 members (excludes halogenated alkanes) is 15. The van der Waals surface area contributed by atoms with Gasteiger partial charge < -0.3 is 9.47 Å². The number of rotatable bonds is 22. The standard InChI is InChI=1S/C25H50O3/c1-4-6-8-9-10-11-12-13-14-15-16-17-18-19-20-21-25(26)28-24(3)23-27-22-7-5-2/h24H,4-23H2,1-3H3. The molecule has 0 aliphatic rings. The van der Waals surface area contributed by atoms with Crippen molar-refractivity contribution < 1.29 is 14.3 Å². The summed E-state index contributed by atoms with van der Waals surface area (Å²) < 4.78 is 10.9. The highest BCUT2D eigenvalue weighted by atomic mass is 16.6. The van der Waals surface area contributed by atoms with Gasteiger partial charge in [0.2, 0.25) is 0 Å². The van der Waals surface area contributed by atoms with E-state index in [2.05, 4.69) is 13.8 Å². The second-order valence-electron chi connectivity index (χ2n) is 8.43. The summed E-state index contributed by atoms with van der Waals surface area (Å²) in [4.78, 5) is 11.8. The van der Waals surface area contributed by atoms with Crippen LogP contribution < -0.4 is 0 Å². The molecule has 3 heteroatoms. The van der Waals surface area contributed by atoms with E-state index >= 15 is 0 Å². The molecule has 0 bridgehead atoms. The van der Waals surface area contributed by atoms with Gasteiger partial charge in [-0.15, -0.1) is 0 Å². The molecule has 0 aliphatic heterocycles. The Balaban J connectivity index is 3.22. The fourth-order valence-electron chi connectivity index (χ4n) is 3.45. The maximum absolute atomic E-state index is 11.8. The van der Waals surface area contributed by atoms with Crippen LogP contribution >= 0.6 is 0 Å². The molecule has 0 fully saturated rings. The first-order valence-electron chi connectivity index (χ1n) is 12.5. The van der Waals surface area contributed by atoms with Gasteiger partial charge in [-0.2, -0.15) is 0 Å². The fourth-order valence-corrected chi connectivity index (χ4v) is 3.45. The predicted octanol–water partition coefficient (Wildman–Crippen LogP) is 8.00. The van der Waals surface area contributed by atoms with Crippen molar-refractivity contribution in [1.29, 1.82) is 0 Å². The van der Waals surface area contributed by atoms with E-state index in [1.54, 1.807) is 0 Å². The Morgan fingerprint density at radius 2 is 1.07 bits per heavy atom. The lowest BCUT2D eigenvalue weighted by Crippen LogP contribution is -2.20. The summed E-state index contributed by atoms with van der Waals surface area (Å²) in [5.41, 5.74) is 0. The van der Waals surface area contributed by atoms with Crippen LogP contribution in [-0.4, -0.2) is 25.3 Å². The Morgan fingerprint density at radius 1 is 0.643 bits per heavy atom. The van der Waals surface area contributed by atoms with Crippen molar-refractivity contribution >= 4 is 5.97 Å². The molecule has 0 aliphatic carbocycles. The number of esters is 1. The van der Waals surface area contributed by atoms with Crippen molar-refractivity contribution in [3.05, 3.63) is 0 Å². The molecule has 0 spiro atoms. The Labute approximate surface area is 176 Å². The Kier molecular flexibility index (Phi) is 22.3. The number of carbonyl (C=O) groups excluding carboxylic acids is 1.